The maximum Gasteiger partial charge on any atom is 0.408 e. The topological polar surface area (TPSA) is 70.7 Å². The Morgan fingerprint density at radius 2 is 1.54 bits per heavy atom. The van der Waals surface area contributed by atoms with E-state index in [2.05, 4.69) is 64.1 Å². The Morgan fingerprint density at radius 3 is 2.22 bits per heavy atom. The van der Waals surface area contributed by atoms with Crippen molar-refractivity contribution in [3.63, 3.8) is 0 Å². The fourth-order valence-corrected chi connectivity index (χ4v) is 4.70. The van der Waals surface area contributed by atoms with Gasteiger partial charge in [-0.15, -0.1) is 0 Å². The Balaban J connectivity index is 1.25. The predicted octanol–water partition coefficient (Wildman–Crippen LogP) is 5.39. The van der Waals surface area contributed by atoms with Crippen LogP contribution in [0, 0.1) is 5.92 Å². The SMILES string of the molecule is CC(C)C[C@H](NC(=O)OCc1ccccc1)C(=O)N[C@H]1CCN(Cc2ccc(-c3ccccc3)cc2)C1. The zero-order chi connectivity index (χ0) is 26.0. The summed E-state index contributed by atoms with van der Waals surface area (Å²) in [7, 11) is 0. The van der Waals surface area contributed by atoms with E-state index in [4.69, 9.17) is 4.74 Å². The number of hydrogen-bond acceptors (Lipinski definition) is 4. The van der Waals surface area contributed by atoms with Crippen LogP contribution in [0.2, 0.25) is 0 Å². The van der Waals surface area contributed by atoms with Crippen molar-refractivity contribution < 1.29 is 14.3 Å². The summed E-state index contributed by atoms with van der Waals surface area (Å²) in [5.74, 6) is 0.105. The van der Waals surface area contributed by atoms with Gasteiger partial charge in [0.15, 0.2) is 0 Å². The summed E-state index contributed by atoms with van der Waals surface area (Å²) in [5.41, 5.74) is 4.59. The van der Waals surface area contributed by atoms with Gasteiger partial charge in [-0.3, -0.25) is 9.69 Å². The molecular weight excluding hydrogens is 462 g/mol. The monoisotopic (exact) mass is 499 g/mol. The second-order valence-corrected chi connectivity index (χ2v) is 10.2. The second-order valence-electron chi connectivity index (χ2n) is 10.2. The number of likely N-dealkylation sites (tertiary alicyclic amines) is 1. The van der Waals surface area contributed by atoms with Crippen molar-refractivity contribution in [1.29, 1.82) is 0 Å². The second kappa shape index (κ2) is 13.1. The molecule has 2 atom stereocenters. The molecule has 1 heterocycles. The number of carbonyl (C=O) groups is 2. The van der Waals surface area contributed by atoms with Crippen molar-refractivity contribution in [2.45, 2.75) is 51.9 Å². The lowest BCUT2D eigenvalue weighted by Crippen LogP contribution is -2.50. The molecule has 2 N–H and O–H groups in total. The Hall–Kier alpha value is -3.64. The van der Waals surface area contributed by atoms with Gasteiger partial charge in [0.25, 0.3) is 0 Å². The molecule has 0 radical (unpaired) electrons. The number of alkyl carbamates (subject to hydrolysis) is 1. The van der Waals surface area contributed by atoms with Gasteiger partial charge in [-0.1, -0.05) is 98.8 Å². The van der Waals surface area contributed by atoms with E-state index in [1.165, 1.54) is 16.7 Å². The molecule has 0 aromatic heterocycles. The first-order valence-electron chi connectivity index (χ1n) is 13.1. The minimum absolute atomic E-state index is 0.0629. The molecule has 0 saturated carbocycles. The summed E-state index contributed by atoms with van der Waals surface area (Å²) < 4.78 is 5.34. The predicted molar refractivity (Wildman–Crippen MR) is 147 cm³/mol. The van der Waals surface area contributed by atoms with Gasteiger partial charge in [0.2, 0.25) is 5.91 Å². The van der Waals surface area contributed by atoms with E-state index in [0.29, 0.717) is 6.42 Å². The Bertz CT molecular complexity index is 1130. The minimum atomic E-state index is -0.622. The lowest BCUT2D eigenvalue weighted by atomic mass is 10.0. The van der Waals surface area contributed by atoms with Crippen LogP contribution >= 0.6 is 0 Å². The molecule has 0 spiro atoms. The van der Waals surface area contributed by atoms with E-state index >= 15 is 0 Å². The molecule has 1 fully saturated rings. The molecule has 2 amide bonds. The molecule has 1 aliphatic heterocycles. The van der Waals surface area contributed by atoms with Crippen molar-refractivity contribution in [1.82, 2.24) is 15.5 Å². The van der Waals surface area contributed by atoms with Crippen LogP contribution in [0.1, 0.15) is 37.8 Å². The lowest BCUT2D eigenvalue weighted by molar-refractivity contribution is -0.124. The molecule has 1 saturated heterocycles. The van der Waals surface area contributed by atoms with Crippen molar-refractivity contribution in [2.75, 3.05) is 13.1 Å². The zero-order valence-corrected chi connectivity index (χ0v) is 21.7. The van der Waals surface area contributed by atoms with E-state index in [9.17, 15) is 9.59 Å². The molecule has 6 nitrogen and oxygen atoms in total. The third-order valence-corrected chi connectivity index (χ3v) is 6.61. The summed E-state index contributed by atoms with van der Waals surface area (Å²) >= 11 is 0. The van der Waals surface area contributed by atoms with Crippen LogP contribution in [0.3, 0.4) is 0 Å². The number of ether oxygens (including phenoxy) is 1. The summed E-state index contributed by atoms with van der Waals surface area (Å²) in [6.07, 6.45) is 0.869. The quantitative estimate of drug-likeness (QED) is 0.393. The standard InChI is InChI=1S/C31H37N3O3/c1-23(2)19-29(33-31(36)37-22-25-9-5-3-6-10-25)30(35)32-28-17-18-34(21-28)20-24-13-15-27(16-14-24)26-11-7-4-8-12-26/h3-16,23,28-29H,17-22H2,1-2H3,(H,32,35)(H,33,36)/t28-,29-/m0/s1. The van der Waals surface area contributed by atoms with Gasteiger partial charge in [-0.05, 0) is 41.0 Å². The Kier molecular flexibility index (Phi) is 9.33. The van der Waals surface area contributed by atoms with Crippen molar-refractivity contribution in [2.24, 2.45) is 5.92 Å². The molecule has 0 bridgehead atoms. The van der Waals surface area contributed by atoms with E-state index in [1.807, 2.05) is 50.2 Å². The lowest BCUT2D eigenvalue weighted by Gasteiger charge is -2.22. The average molecular weight is 500 g/mol. The van der Waals surface area contributed by atoms with Gasteiger partial charge in [0, 0.05) is 25.7 Å². The maximum absolute atomic E-state index is 13.1. The third kappa shape index (κ3) is 8.19. The number of carbonyl (C=O) groups excluding carboxylic acids is 2. The van der Waals surface area contributed by atoms with Crippen molar-refractivity contribution in [3.05, 3.63) is 96.1 Å². The fraction of sp³-hybridized carbons (Fsp3) is 0.355. The summed E-state index contributed by atoms with van der Waals surface area (Å²) in [6, 6.07) is 28.0. The number of hydrogen-bond donors (Lipinski definition) is 2. The first kappa shape index (κ1) is 26.4. The molecule has 194 valence electrons. The number of benzene rings is 3. The van der Waals surface area contributed by atoms with Crippen molar-refractivity contribution >= 4 is 12.0 Å². The third-order valence-electron chi connectivity index (χ3n) is 6.61. The van der Waals surface area contributed by atoms with Crippen LogP contribution in [-0.4, -0.2) is 42.1 Å². The normalized spacial score (nSPS) is 16.4. The van der Waals surface area contributed by atoms with Crippen LogP contribution < -0.4 is 10.6 Å². The van der Waals surface area contributed by atoms with E-state index in [0.717, 1.165) is 31.6 Å². The van der Waals surface area contributed by atoms with Gasteiger partial charge in [0.05, 0.1) is 0 Å². The number of nitrogens with one attached hydrogen (secondary N) is 2. The summed E-state index contributed by atoms with van der Waals surface area (Å²) in [5, 5.41) is 5.93. The summed E-state index contributed by atoms with van der Waals surface area (Å²) in [4.78, 5) is 27.8. The molecule has 3 aromatic rings. The Labute approximate surface area is 220 Å². The highest BCUT2D eigenvalue weighted by molar-refractivity contribution is 5.85. The van der Waals surface area contributed by atoms with Crippen LogP contribution in [-0.2, 0) is 22.7 Å². The molecule has 6 heteroatoms. The van der Waals surface area contributed by atoms with E-state index in [1.54, 1.807) is 0 Å². The van der Waals surface area contributed by atoms with Crippen LogP contribution in [0.4, 0.5) is 4.79 Å². The fourth-order valence-electron chi connectivity index (χ4n) is 4.70. The first-order valence-corrected chi connectivity index (χ1v) is 13.1. The number of nitrogens with zero attached hydrogens (tertiary/aromatic N) is 1. The van der Waals surface area contributed by atoms with E-state index < -0.39 is 12.1 Å². The molecule has 0 unspecified atom stereocenters. The summed E-state index contributed by atoms with van der Waals surface area (Å²) in [6.45, 7) is 6.81. The molecule has 37 heavy (non-hydrogen) atoms. The van der Waals surface area contributed by atoms with Gasteiger partial charge in [0.1, 0.15) is 12.6 Å². The van der Waals surface area contributed by atoms with Gasteiger partial charge >= 0.3 is 6.09 Å². The van der Waals surface area contributed by atoms with Crippen molar-refractivity contribution in [3.8, 4) is 11.1 Å². The molecule has 3 aromatic carbocycles. The largest absolute Gasteiger partial charge is 0.445 e. The zero-order valence-electron chi connectivity index (χ0n) is 21.7. The van der Waals surface area contributed by atoms with Gasteiger partial charge < -0.3 is 15.4 Å². The maximum atomic E-state index is 13.1. The highest BCUT2D eigenvalue weighted by Crippen LogP contribution is 2.21. The van der Waals surface area contributed by atoms with Gasteiger partial charge in [-0.2, -0.15) is 0 Å². The van der Waals surface area contributed by atoms with Crippen LogP contribution in [0.5, 0.6) is 0 Å². The number of rotatable bonds is 10. The smallest absolute Gasteiger partial charge is 0.408 e. The highest BCUT2D eigenvalue weighted by Gasteiger charge is 2.28. The highest BCUT2D eigenvalue weighted by atomic mass is 16.5. The number of amides is 2. The first-order chi connectivity index (χ1) is 18.0. The molecule has 1 aliphatic rings. The molecular formula is C31H37N3O3. The minimum Gasteiger partial charge on any atom is -0.445 e. The Morgan fingerprint density at radius 1 is 0.892 bits per heavy atom. The van der Waals surface area contributed by atoms with Gasteiger partial charge in [-0.25, -0.2) is 4.79 Å². The van der Waals surface area contributed by atoms with E-state index in [-0.39, 0.29) is 24.5 Å². The molecule has 0 aliphatic carbocycles. The van der Waals surface area contributed by atoms with Crippen LogP contribution in [0.15, 0.2) is 84.9 Å². The molecule has 4 rings (SSSR count). The van der Waals surface area contributed by atoms with Crippen LogP contribution in [0.25, 0.3) is 11.1 Å². The average Bonchev–Trinajstić information content (AvgIpc) is 3.35.